The lowest BCUT2D eigenvalue weighted by molar-refractivity contribution is -0.118. The average Bonchev–Trinajstić information content (AvgIpc) is 2.96. The van der Waals surface area contributed by atoms with Crippen LogP contribution in [0.1, 0.15) is 49.4 Å². The minimum atomic E-state index is -0.228. The Hall–Kier alpha value is -1.36. The number of nitrogens with one attached hydrogen (secondary N) is 1. The van der Waals surface area contributed by atoms with Crippen molar-refractivity contribution in [2.45, 2.75) is 39.0 Å². The molecule has 0 aromatic heterocycles. The number of carbonyl (C=O) groups excluding carboxylic acids is 2. The van der Waals surface area contributed by atoms with Gasteiger partial charge in [-0.15, -0.1) is 0 Å². The first kappa shape index (κ1) is 14.6. The van der Waals surface area contributed by atoms with Gasteiger partial charge < -0.3 is 10.1 Å². The predicted octanol–water partition coefficient (Wildman–Crippen LogP) is 3.93. The molecular weight excluding hydrogens is 334 g/mol. The molecule has 1 aromatic carbocycles. The Labute approximate surface area is 132 Å². The molecule has 21 heavy (non-hydrogen) atoms. The molecule has 1 fully saturated rings. The molecule has 112 valence electrons. The van der Waals surface area contributed by atoms with Crippen LogP contribution < -0.4 is 10.1 Å². The van der Waals surface area contributed by atoms with Gasteiger partial charge in [-0.25, -0.2) is 0 Å². The van der Waals surface area contributed by atoms with Crippen LogP contribution in [0.5, 0.6) is 5.75 Å². The lowest BCUT2D eigenvalue weighted by Crippen LogP contribution is -2.29. The van der Waals surface area contributed by atoms with Crippen LogP contribution in [0.3, 0.4) is 0 Å². The molecular formula is C16H18BrNO3. The molecule has 1 aliphatic heterocycles. The molecule has 1 aliphatic carbocycles. The van der Waals surface area contributed by atoms with Gasteiger partial charge in [0, 0.05) is 15.5 Å². The van der Waals surface area contributed by atoms with Crippen molar-refractivity contribution in [3.63, 3.8) is 0 Å². The third-order valence-electron chi connectivity index (χ3n) is 4.67. The quantitative estimate of drug-likeness (QED) is 0.839. The number of rotatable bonds is 3. The zero-order valence-corrected chi connectivity index (χ0v) is 13.6. The van der Waals surface area contributed by atoms with Crippen molar-refractivity contribution in [2.24, 2.45) is 5.41 Å². The van der Waals surface area contributed by atoms with Gasteiger partial charge >= 0.3 is 0 Å². The van der Waals surface area contributed by atoms with Crippen LogP contribution in [0.2, 0.25) is 0 Å². The number of fused-ring (bicyclic) bond motifs is 1. The molecule has 0 saturated heterocycles. The highest BCUT2D eigenvalue weighted by Crippen LogP contribution is 2.45. The van der Waals surface area contributed by atoms with Gasteiger partial charge in [0.15, 0.2) is 12.4 Å². The van der Waals surface area contributed by atoms with E-state index in [0.717, 1.165) is 36.6 Å². The summed E-state index contributed by atoms with van der Waals surface area (Å²) in [6, 6.07) is 3.52. The summed E-state index contributed by atoms with van der Waals surface area (Å²) in [5.41, 5.74) is 1.05. The first-order valence-corrected chi connectivity index (χ1v) is 8.16. The SMILES string of the molecule is CCC1(C(=O)c2cc3c(cc2Br)NC(=O)CO3)CCCC1. The fourth-order valence-corrected chi connectivity index (χ4v) is 3.88. The van der Waals surface area contributed by atoms with Gasteiger partial charge in [-0.05, 0) is 47.3 Å². The van der Waals surface area contributed by atoms with E-state index in [0.29, 0.717) is 17.0 Å². The zero-order chi connectivity index (χ0) is 15.0. The highest BCUT2D eigenvalue weighted by molar-refractivity contribution is 9.10. The van der Waals surface area contributed by atoms with E-state index in [2.05, 4.69) is 28.2 Å². The molecule has 3 rings (SSSR count). The Kier molecular flexibility index (Phi) is 3.78. The zero-order valence-electron chi connectivity index (χ0n) is 12.0. The number of hydrogen-bond donors (Lipinski definition) is 1. The molecule has 0 bridgehead atoms. The van der Waals surface area contributed by atoms with Crippen molar-refractivity contribution >= 4 is 33.3 Å². The van der Waals surface area contributed by atoms with E-state index in [-0.39, 0.29) is 23.7 Å². The second-order valence-corrected chi connectivity index (χ2v) is 6.69. The Morgan fingerprint density at radius 2 is 2.10 bits per heavy atom. The summed E-state index contributed by atoms with van der Waals surface area (Å²) < 4.78 is 6.14. The number of Topliss-reactive ketones (excluding diaryl/α,β-unsaturated/α-hetero) is 1. The van der Waals surface area contributed by atoms with E-state index in [4.69, 9.17) is 4.74 Å². The van der Waals surface area contributed by atoms with Crippen LogP contribution in [-0.4, -0.2) is 18.3 Å². The molecule has 4 nitrogen and oxygen atoms in total. The van der Waals surface area contributed by atoms with Crippen molar-refractivity contribution in [1.82, 2.24) is 0 Å². The fourth-order valence-electron chi connectivity index (χ4n) is 3.35. The fraction of sp³-hybridized carbons (Fsp3) is 0.500. The molecule has 1 aromatic rings. The van der Waals surface area contributed by atoms with Crippen LogP contribution in [0.15, 0.2) is 16.6 Å². The van der Waals surface area contributed by atoms with E-state index < -0.39 is 0 Å². The molecule has 5 heteroatoms. The Bertz CT molecular complexity index is 606. The first-order chi connectivity index (χ1) is 10.1. The number of anilines is 1. The lowest BCUT2D eigenvalue weighted by Gasteiger charge is -2.27. The van der Waals surface area contributed by atoms with Crippen LogP contribution >= 0.6 is 15.9 Å². The third-order valence-corrected chi connectivity index (χ3v) is 5.32. The molecule has 1 saturated carbocycles. The maximum Gasteiger partial charge on any atom is 0.262 e. The second kappa shape index (κ2) is 5.44. The second-order valence-electron chi connectivity index (χ2n) is 5.84. The van der Waals surface area contributed by atoms with E-state index >= 15 is 0 Å². The van der Waals surface area contributed by atoms with Gasteiger partial charge in [-0.3, -0.25) is 9.59 Å². The van der Waals surface area contributed by atoms with Crippen molar-refractivity contribution < 1.29 is 14.3 Å². The monoisotopic (exact) mass is 351 g/mol. The predicted molar refractivity (Wildman–Crippen MR) is 83.8 cm³/mol. The van der Waals surface area contributed by atoms with Gasteiger partial charge in [0.25, 0.3) is 5.91 Å². The van der Waals surface area contributed by atoms with E-state index in [9.17, 15) is 9.59 Å². The number of benzene rings is 1. The van der Waals surface area contributed by atoms with Crippen molar-refractivity contribution in [3.8, 4) is 5.75 Å². The van der Waals surface area contributed by atoms with Gasteiger partial charge in [0.05, 0.1) is 5.69 Å². The minimum Gasteiger partial charge on any atom is -0.482 e. The summed E-state index contributed by atoms with van der Waals surface area (Å²) in [5, 5.41) is 2.75. The van der Waals surface area contributed by atoms with Crippen molar-refractivity contribution in [1.29, 1.82) is 0 Å². The van der Waals surface area contributed by atoms with E-state index in [1.165, 1.54) is 0 Å². The topological polar surface area (TPSA) is 55.4 Å². The van der Waals surface area contributed by atoms with Gasteiger partial charge in [-0.1, -0.05) is 19.8 Å². The summed E-state index contributed by atoms with van der Waals surface area (Å²) in [7, 11) is 0. The molecule has 1 amide bonds. The summed E-state index contributed by atoms with van der Waals surface area (Å²) in [5.74, 6) is 0.595. The van der Waals surface area contributed by atoms with E-state index in [1.807, 2.05) is 0 Å². The first-order valence-electron chi connectivity index (χ1n) is 7.37. The normalized spacial score (nSPS) is 19.6. The molecule has 1 N–H and O–H groups in total. The molecule has 0 spiro atoms. The molecule has 0 unspecified atom stereocenters. The largest absolute Gasteiger partial charge is 0.482 e. The smallest absolute Gasteiger partial charge is 0.262 e. The number of ketones is 1. The van der Waals surface area contributed by atoms with Crippen LogP contribution in [-0.2, 0) is 4.79 Å². The Morgan fingerprint density at radius 1 is 1.38 bits per heavy atom. The molecule has 0 radical (unpaired) electrons. The number of hydrogen-bond acceptors (Lipinski definition) is 3. The van der Waals surface area contributed by atoms with Crippen LogP contribution in [0.25, 0.3) is 0 Å². The summed E-state index contributed by atoms with van der Waals surface area (Å²) >= 11 is 3.47. The van der Waals surface area contributed by atoms with Crippen LogP contribution in [0, 0.1) is 5.41 Å². The Balaban J connectivity index is 1.99. The highest BCUT2D eigenvalue weighted by atomic mass is 79.9. The Morgan fingerprint density at radius 3 is 2.76 bits per heavy atom. The van der Waals surface area contributed by atoms with Gasteiger partial charge in [0.1, 0.15) is 5.75 Å². The third kappa shape index (κ3) is 2.48. The van der Waals surface area contributed by atoms with E-state index in [1.54, 1.807) is 12.1 Å². The summed E-state index contributed by atoms with van der Waals surface area (Å²) in [6.07, 6.45) is 5.03. The minimum absolute atomic E-state index is 0.00117. The van der Waals surface area contributed by atoms with Crippen molar-refractivity contribution in [3.05, 3.63) is 22.2 Å². The number of amides is 1. The molecule has 1 heterocycles. The highest BCUT2D eigenvalue weighted by Gasteiger charge is 2.40. The van der Waals surface area contributed by atoms with Crippen molar-refractivity contribution in [2.75, 3.05) is 11.9 Å². The number of halogens is 1. The standard InChI is InChI=1S/C16H18BrNO3/c1-2-16(5-3-4-6-16)15(20)10-7-13-12(8-11(10)17)18-14(19)9-21-13/h7-8H,2-6,9H2,1H3,(H,18,19). The molecule has 2 aliphatic rings. The number of ether oxygens (including phenoxy) is 1. The number of carbonyl (C=O) groups is 2. The molecule has 0 atom stereocenters. The van der Waals surface area contributed by atoms with Gasteiger partial charge in [0.2, 0.25) is 0 Å². The maximum atomic E-state index is 13.0. The summed E-state index contributed by atoms with van der Waals surface area (Å²) in [6.45, 7) is 2.09. The average molecular weight is 352 g/mol. The summed E-state index contributed by atoms with van der Waals surface area (Å²) in [4.78, 5) is 24.3. The maximum absolute atomic E-state index is 13.0. The lowest BCUT2D eigenvalue weighted by atomic mass is 9.76. The van der Waals surface area contributed by atoms with Crippen LogP contribution in [0.4, 0.5) is 5.69 Å². The van der Waals surface area contributed by atoms with Gasteiger partial charge in [-0.2, -0.15) is 0 Å².